The van der Waals surface area contributed by atoms with E-state index < -0.39 is 0 Å². The molecule has 0 radical (unpaired) electrons. The molecule has 6 nitrogen and oxygen atoms in total. The minimum Gasteiger partial charge on any atom is -0.387 e. The summed E-state index contributed by atoms with van der Waals surface area (Å²) in [6.07, 6.45) is 4.08. The van der Waals surface area contributed by atoms with Crippen LogP contribution in [0.5, 0.6) is 0 Å². The Morgan fingerprint density at radius 2 is 1.97 bits per heavy atom. The third kappa shape index (κ3) is 3.83. The molecule has 0 saturated carbocycles. The summed E-state index contributed by atoms with van der Waals surface area (Å²) in [5.74, 6) is 0.876. The third-order valence-electron chi connectivity index (χ3n) is 5.16. The van der Waals surface area contributed by atoms with Crippen molar-refractivity contribution in [1.29, 1.82) is 0 Å². The number of hydrogen-bond donors (Lipinski definition) is 2. The van der Waals surface area contributed by atoms with Crippen LogP contribution < -0.4 is 15.5 Å². The Morgan fingerprint density at radius 1 is 1.14 bits per heavy atom. The molecule has 148 valence electrons. The SMILES string of the molecule is Cc1csc(-c2cc3c(c(Nc4ccc(N5CCOCC5)cc4)n2)CNC=C3)n1. The highest BCUT2D eigenvalue weighted by Gasteiger charge is 2.16. The Labute approximate surface area is 174 Å². The van der Waals surface area contributed by atoms with Gasteiger partial charge in [-0.05, 0) is 55.1 Å². The van der Waals surface area contributed by atoms with Gasteiger partial charge in [0.15, 0.2) is 0 Å². The van der Waals surface area contributed by atoms with Gasteiger partial charge in [-0.3, -0.25) is 0 Å². The van der Waals surface area contributed by atoms with E-state index in [4.69, 9.17) is 9.72 Å². The molecule has 1 aromatic carbocycles. The van der Waals surface area contributed by atoms with Gasteiger partial charge in [0.05, 0.1) is 13.2 Å². The number of hydrogen-bond acceptors (Lipinski definition) is 7. The predicted molar refractivity (Wildman–Crippen MR) is 119 cm³/mol. The predicted octanol–water partition coefficient (Wildman–Crippen LogP) is 4.17. The van der Waals surface area contributed by atoms with Crippen molar-refractivity contribution in [2.45, 2.75) is 13.5 Å². The lowest BCUT2D eigenvalue weighted by Crippen LogP contribution is -2.36. The van der Waals surface area contributed by atoms with Gasteiger partial charge < -0.3 is 20.3 Å². The second-order valence-corrected chi connectivity index (χ2v) is 8.06. The van der Waals surface area contributed by atoms with Crippen molar-refractivity contribution in [1.82, 2.24) is 15.3 Å². The van der Waals surface area contributed by atoms with Gasteiger partial charge in [-0.25, -0.2) is 9.97 Å². The fraction of sp³-hybridized carbons (Fsp3) is 0.273. The number of fused-ring (bicyclic) bond motifs is 1. The van der Waals surface area contributed by atoms with Crippen LogP contribution in [0.3, 0.4) is 0 Å². The molecule has 2 aliphatic rings. The molecule has 5 rings (SSSR count). The lowest BCUT2D eigenvalue weighted by molar-refractivity contribution is 0.122. The zero-order valence-corrected chi connectivity index (χ0v) is 17.1. The van der Waals surface area contributed by atoms with Gasteiger partial charge >= 0.3 is 0 Å². The molecule has 0 atom stereocenters. The number of pyridine rings is 1. The third-order valence-corrected chi connectivity index (χ3v) is 6.15. The van der Waals surface area contributed by atoms with Crippen LogP contribution in [0.15, 0.2) is 41.9 Å². The molecule has 0 bridgehead atoms. The average Bonchev–Trinajstić information content (AvgIpc) is 3.21. The second-order valence-electron chi connectivity index (χ2n) is 7.20. The molecule has 29 heavy (non-hydrogen) atoms. The van der Waals surface area contributed by atoms with E-state index >= 15 is 0 Å². The molecule has 2 aromatic heterocycles. The number of nitrogens with zero attached hydrogens (tertiary/aromatic N) is 3. The molecule has 2 N–H and O–H groups in total. The molecule has 0 unspecified atom stereocenters. The lowest BCUT2D eigenvalue weighted by atomic mass is 10.0. The number of nitrogens with one attached hydrogen (secondary N) is 2. The summed E-state index contributed by atoms with van der Waals surface area (Å²) in [5.41, 5.74) is 6.52. The normalized spacial score (nSPS) is 15.7. The Bertz CT molecular complexity index is 1040. The number of rotatable bonds is 4. The van der Waals surface area contributed by atoms with Crippen molar-refractivity contribution in [3.63, 3.8) is 0 Å². The van der Waals surface area contributed by atoms with Crippen molar-refractivity contribution in [2.75, 3.05) is 36.5 Å². The van der Waals surface area contributed by atoms with Crippen molar-refractivity contribution in [3.05, 3.63) is 58.7 Å². The summed E-state index contributed by atoms with van der Waals surface area (Å²) < 4.78 is 5.45. The van der Waals surface area contributed by atoms with Crippen LogP contribution in [0.1, 0.15) is 16.8 Å². The van der Waals surface area contributed by atoms with Crippen LogP contribution in [0.4, 0.5) is 17.2 Å². The Balaban J connectivity index is 1.45. The molecular weight excluding hydrogens is 382 g/mol. The van der Waals surface area contributed by atoms with Gasteiger partial charge in [0.25, 0.3) is 0 Å². The average molecular weight is 406 g/mol. The van der Waals surface area contributed by atoms with E-state index in [0.717, 1.165) is 60.7 Å². The van der Waals surface area contributed by atoms with E-state index in [-0.39, 0.29) is 0 Å². The van der Waals surface area contributed by atoms with Crippen molar-refractivity contribution < 1.29 is 4.74 Å². The Morgan fingerprint density at radius 3 is 2.72 bits per heavy atom. The van der Waals surface area contributed by atoms with Crippen molar-refractivity contribution >= 4 is 34.6 Å². The molecule has 2 aliphatic heterocycles. The first-order valence-corrected chi connectivity index (χ1v) is 10.7. The number of aromatic nitrogens is 2. The van der Waals surface area contributed by atoms with E-state index in [0.29, 0.717) is 0 Å². The zero-order chi connectivity index (χ0) is 19.6. The number of benzene rings is 1. The summed E-state index contributed by atoms with van der Waals surface area (Å²) in [6, 6.07) is 10.7. The molecular formula is C22H23N5OS. The van der Waals surface area contributed by atoms with Gasteiger partial charge in [-0.15, -0.1) is 11.3 Å². The number of aryl methyl sites for hydroxylation is 1. The molecule has 0 spiro atoms. The second kappa shape index (κ2) is 7.85. The maximum Gasteiger partial charge on any atom is 0.142 e. The Kier molecular flexibility index (Phi) is 4.91. The number of thiazole rings is 1. The van der Waals surface area contributed by atoms with Crippen LogP contribution in [0, 0.1) is 6.92 Å². The van der Waals surface area contributed by atoms with E-state index in [2.05, 4.69) is 62.3 Å². The van der Waals surface area contributed by atoms with E-state index in [1.165, 1.54) is 16.8 Å². The zero-order valence-electron chi connectivity index (χ0n) is 16.3. The fourth-order valence-corrected chi connectivity index (χ4v) is 4.39. The smallest absolute Gasteiger partial charge is 0.142 e. The number of ether oxygens (including phenoxy) is 1. The van der Waals surface area contributed by atoms with Gasteiger partial charge in [0, 0.05) is 47.6 Å². The fourth-order valence-electron chi connectivity index (χ4n) is 3.63. The van der Waals surface area contributed by atoms with Gasteiger partial charge in [0.1, 0.15) is 16.5 Å². The topological polar surface area (TPSA) is 62.3 Å². The van der Waals surface area contributed by atoms with Crippen LogP contribution in [0.25, 0.3) is 16.8 Å². The summed E-state index contributed by atoms with van der Waals surface area (Å²) in [4.78, 5) is 11.9. The highest BCUT2D eigenvalue weighted by Crippen LogP contribution is 2.31. The molecule has 1 fully saturated rings. The van der Waals surface area contributed by atoms with Crippen LogP contribution in [-0.4, -0.2) is 36.3 Å². The van der Waals surface area contributed by atoms with Gasteiger partial charge in [0.2, 0.25) is 0 Å². The maximum atomic E-state index is 5.45. The molecule has 0 amide bonds. The first kappa shape index (κ1) is 18.1. The molecule has 1 saturated heterocycles. The molecule has 4 heterocycles. The minimum atomic E-state index is 0.754. The highest BCUT2D eigenvalue weighted by molar-refractivity contribution is 7.13. The monoisotopic (exact) mass is 405 g/mol. The quantitative estimate of drug-likeness (QED) is 0.679. The first-order valence-electron chi connectivity index (χ1n) is 9.82. The summed E-state index contributed by atoms with van der Waals surface area (Å²) in [7, 11) is 0. The molecule has 7 heteroatoms. The summed E-state index contributed by atoms with van der Waals surface area (Å²) in [6.45, 7) is 6.23. The molecule has 0 aliphatic carbocycles. The van der Waals surface area contributed by atoms with Gasteiger partial charge in [-0.1, -0.05) is 0 Å². The standard InChI is InChI=1S/C22H23N5OS/c1-15-14-29-22(24-15)20-12-16-6-7-23-13-19(16)21(26-20)25-17-2-4-18(5-3-17)27-8-10-28-11-9-27/h2-7,12,14,23H,8-11,13H2,1H3,(H,25,26). The minimum absolute atomic E-state index is 0.754. The van der Waals surface area contributed by atoms with Crippen LogP contribution >= 0.6 is 11.3 Å². The number of morpholine rings is 1. The number of anilines is 3. The van der Waals surface area contributed by atoms with Gasteiger partial charge in [-0.2, -0.15) is 0 Å². The highest BCUT2D eigenvalue weighted by atomic mass is 32.1. The summed E-state index contributed by atoms with van der Waals surface area (Å²) in [5, 5.41) is 9.83. The first-order chi connectivity index (χ1) is 14.3. The van der Waals surface area contributed by atoms with E-state index in [1.807, 2.05) is 13.1 Å². The van der Waals surface area contributed by atoms with Crippen LogP contribution in [0.2, 0.25) is 0 Å². The lowest BCUT2D eigenvalue weighted by Gasteiger charge is -2.29. The van der Waals surface area contributed by atoms with Crippen LogP contribution in [-0.2, 0) is 11.3 Å². The van der Waals surface area contributed by atoms with Crippen molar-refractivity contribution in [3.8, 4) is 10.7 Å². The van der Waals surface area contributed by atoms with Crippen molar-refractivity contribution in [2.24, 2.45) is 0 Å². The largest absolute Gasteiger partial charge is 0.387 e. The molecule has 3 aromatic rings. The summed E-state index contributed by atoms with van der Waals surface area (Å²) >= 11 is 1.63. The maximum absolute atomic E-state index is 5.45. The van der Waals surface area contributed by atoms with E-state index in [1.54, 1.807) is 11.3 Å². The van der Waals surface area contributed by atoms with E-state index in [9.17, 15) is 0 Å². The Hall–Kier alpha value is -2.90.